The number of halogens is 1. The Balaban J connectivity index is 1.42. The first-order valence-electron chi connectivity index (χ1n) is 15.6. The smallest absolute Gasteiger partial charge is 0.264 e. The highest BCUT2D eigenvalue weighted by atomic mass is 35.5. The van der Waals surface area contributed by atoms with Gasteiger partial charge in [0.1, 0.15) is 5.75 Å². The van der Waals surface area contributed by atoms with E-state index in [1.54, 1.807) is 13.0 Å². The summed E-state index contributed by atoms with van der Waals surface area (Å²) in [6, 6.07) is 11.5. The van der Waals surface area contributed by atoms with Crippen molar-refractivity contribution < 1.29 is 23.1 Å². The molecule has 0 saturated heterocycles. The molecule has 1 fully saturated rings. The fourth-order valence-electron chi connectivity index (χ4n) is 7.94. The second-order valence-corrected chi connectivity index (χ2v) is 15.8. The Hall–Kier alpha value is -2.29. The number of carbonyl (C=O) groups is 1. The molecule has 1 spiro atoms. The highest BCUT2D eigenvalue weighted by molar-refractivity contribution is 7.90. The summed E-state index contributed by atoms with van der Waals surface area (Å²) >= 11 is 6.40. The van der Waals surface area contributed by atoms with Crippen LogP contribution < -0.4 is 14.4 Å². The molecule has 1 amide bonds. The summed E-state index contributed by atoms with van der Waals surface area (Å²) in [5, 5.41) is 10.4. The molecule has 42 heavy (non-hydrogen) atoms. The maximum atomic E-state index is 13.4. The van der Waals surface area contributed by atoms with Crippen molar-refractivity contribution in [2.24, 2.45) is 23.7 Å². The lowest BCUT2D eigenvalue weighted by atomic mass is 9.65. The molecule has 6 atom stereocenters. The third kappa shape index (κ3) is 5.55. The van der Waals surface area contributed by atoms with E-state index in [0.29, 0.717) is 29.8 Å². The van der Waals surface area contributed by atoms with Crippen LogP contribution in [0.5, 0.6) is 5.75 Å². The van der Waals surface area contributed by atoms with Gasteiger partial charge in [-0.3, -0.25) is 4.79 Å². The number of rotatable bonds is 1. The zero-order chi connectivity index (χ0) is 29.6. The van der Waals surface area contributed by atoms with Crippen molar-refractivity contribution >= 4 is 33.2 Å². The summed E-state index contributed by atoms with van der Waals surface area (Å²) in [5.41, 5.74) is 3.46. The van der Waals surface area contributed by atoms with E-state index in [2.05, 4.69) is 21.8 Å². The van der Waals surface area contributed by atoms with Gasteiger partial charge in [0.25, 0.3) is 5.91 Å². The number of carbonyl (C=O) groups excluding carboxylic acids is 1. The van der Waals surface area contributed by atoms with Crippen LogP contribution in [0.2, 0.25) is 5.02 Å². The van der Waals surface area contributed by atoms with Crippen molar-refractivity contribution in [3.63, 3.8) is 0 Å². The predicted octanol–water partition coefficient (Wildman–Crippen LogP) is 5.72. The number of nitrogens with zero attached hydrogens (tertiary/aromatic N) is 1. The molecule has 0 aromatic heterocycles. The third-order valence-corrected chi connectivity index (χ3v) is 13.0. The summed E-state index contributed by atoms with van der Waals surface area (Å²) in [5.74, 6) is 1.05. The Bertz CT molecular complexity index is 1450. The minimum absolute atomic E-state index is 0.111. The number of amides is 1. The molecule has 6 rings (SSSR count). The second-order valence-electron chi connectivity index (χ2n) is 13.3. The quantitative estimate of drug-likeness (QED) is 0.427. The summed E-state index contributed by atoms with van der Waals surface area (Å²) in [4.78, 5) is 15.7. The highest BCUT2D eigenvalue weighted by Crippen LogP contribution is 2.48. The average molecular weight is 615 g/mol. The number of nitrogens with one attached hydrogen (secondary N) is 1. The van der Waals surface area contributed by atoms with E-state index < -0.39 is 21.2 Å². The molecule has 2 bridgehead atoms. The van der Waals surface area contributed by atoms with Crippen LogP contribution in [0.1, 0.15) is 80.3 Å². The van der Waals surface area contributed by atoms with Crippen molar-refractivity contribution in [3.05, 3.63) is 58.1 Å². The normalized spacial score (nSPS) is 32.9. The number of hydrogen-bond acceptors (Lipinski definition) is 6. The number of aryl methyl sites for hydroxylation is 1. The average Bonchev–Trinajstić information content (AvgIpc) is 3.10. The molecule has 2 aliphatic heterocycles. The van der Waals surface area contributed by atoms with E-state index in [9.17, 15) is 18.3 Å². The molecule has 0 radical (unpaired) electrons. The Morgan fingerprint density at radius 2 is 1.93 bits per heavy atom. The molecule has 1 saturated carbocycles. The zero-order valence-corrected chi connectivity index (χ0v) is 26.2. The first kappa shape index (κ1) is 29.8. The fraction of sp³-hybridized carbons (Fsp3) is 0.606. The van der Waals surface area contributed by atoms with E-state index >= 15 is 0 Å². The van der Waals surface area contributed by atoms with Crippen LogP contribution in [0.15, 0.2) is 36.4 Å². The van der Waals surface area contributed by atoms with E-state index in [1.165, 1.54) is 11.1 Å². The van der Waals surface area contributed by atoms with E-state index in [1.807, 2.05) is 25.1 Å². The van der Waals surface area contributed by atoms with Gasteiger partial charge < -0.3 is 14.7 Å². The number of sulfonamides is 1. The van der Waals surface area contributed by atoms with Crippen LogP contribution in [0.4, 0.5) is 5.69 Å². The van der Waals surface area contributed by atoms with Gasteiger partial charge in [0.05, 0.1) is 17.5 Å². The Labute approximate surface area is 255 Å². The molecular formula is C33H43ClN2O5S. The monoisotopic (exact) mass is 614 g/mol. The lowest BCUT2D eigenvalue weighted by Crippen LogP contribution is -2.49. The fourth-order valence-corrected chi connectivity index (χ4v) is 9.45. The molecule has 7 nitrogen and oxygen atoms in total. The Morgan fingerprint density at radius 1 is 1.10 bits per heavy atom. The van der Waals surface area contributed by atoms with E-state index in [-0.39, 0.29) is 23.9 Å². The van der Waals surface area contributed by atoms with Gasteiger partial charge in [0, 0.05) is 35.7 Å². The zero-order valence-electron chi connectivity index (χ0n) is 24.6. The van der Waals surface area contributed by atoms with Crippen LogP contribution in [-0.2, 0) is 21.9 Å². The van der Waals surface area contributed by atoms with Crippen molar-refractivity contribution in [2.75, 3.05) is 31.2 Å². The van der Waals surface area contributed by atoms with Gasteiger partial charge in [-0.2, -0.15) is 0 Å². The number of hydrogen-bond donors (Lipinski definition) is 2. The topological polar surface area (TPSA) is 95.9 Å². The molecule has 2 aromatic rings. The van der Waals surface area contributed by atoms with Gasteiger partial charge in [-0.25, -0.2) is 13.1 Å². The first-order valence-corrected chi connectivity index (χ1v) is 17.5. The van der Waals surface area contributed by atoms with Gasteiger partial charge >= 0.3 is 0 Å². The van der Waals surface area contributed by atoms with Crippen molar-refractivity contribution in [3.8, 4) is 5.75 Å². The minimum atomic E-state index is -3.87. The molecule has 9 heteroatoms. The van der Waals surface area contributed by atoms with Crippen LogP contribution in [0, 0.1) is 23.7 Å². The van der Waals surface area contributed by atoms with Gasteiger partial charge in [-0.15, -0.1) is 0 Å². The maximum absolute atomic E-state index is 13.4. The maximum Gasteiger partial charge on any atom is 0.264 e. The molecule has 2 heterocycles. The van der Waals surface area contributed by atoms with Gasteiger partial charge in [-0.05, 0) is 117 Å². The van der Waals surface area contributed by atoms with Gasteiger partial charge in [0.15, 0.2) is 0 Å². The highest BCUT2D eigenvalue weighted by Gasteiger charge is 2.44. The number of ether oxygens (including phenoxy) is 1. The molecule has 0 unspecified atom stereocenters. The summed E-state index contributed by atoms with van der Waals surface area (Å²) in [7, 11) is -3.87. The van der Waals surface area contributed by atoms with Crippen LogP contribution in [-0.4, -0.2) is 51.0 Å². The standard InChI is InChI=1S/C33H43ClN2O5S/c1-21-5-3-6-26(18-37)28-11-8-25(28)17-36-19-33(14-4-7-23-15-27(34)10-12-29(23)33)20-41-31-13-9-24(16-30(31)36)32(38)35-42(39,40)22(21)2/h9-10,12-13,15-16,21-22,25-26,28,37H,3-8,11,14,17-20H2,1-2H3,(H,35,38)/t21-,22+,25-,26+,28+,33-/m0/s1. The summed E-state index contributed by atoms with van der Waals surface area (Å²) in [6.45, 7) is 5.83. The Morgan fingerprint density at radius 3 is 2.69 bits per heavy atom. The Kier molecular flexibility index (Phi) is 8.26. The van der Waals surface area contributed by atoms with Crippen LogP contribution >= 0.6 is 11.6 Å². The van der Waals surface area contributed by atoms with Crippen LogP contribution in [0.3, 0.4) is 0 Å². The third-order valence-electron chi connectivity index (χ3n) is 10.8. The van der Waals surface area contributed by atoms with Crippen molar-refractivity contribution in [2.45, 2.75) is 75.9 Å². The number of fused-ring (bicyclic) bond motifs is 4. The first-order chi connectivity index (χ1) is 20.1. The lowest BCUT2D eigenvalue weighted by molar-refractivity contribution is 0.0569. The van der Waals surface area contributed by atoms with E-state index in [4.69, 9.17) is 16.3 Å². The van der Waals surface area contributed by atoms with Gasteiger partial charge in [0.2, 0.25) is 10.0 Å². The lowest BCUT2D eigenvalue weighted by Gasteiger charge is -2.46. The predicted molar refractivity (Wildman–Crippen MR) is 166 cm³/mol. The van der Waals surface area contributed by atoms with Crippen molar-refractivity contribution in [1.29, 1.82) is 0 Å². The molecule has 2 aromatic carbocycles. The largest absolute Gasteiger partial charge is 0.490 e. The van der Waals surface area contributed by atoms with Crippen molar-refractivity contribution in [1.82, 2.24) is 4.72 Å². The second kappa shape index (κ2) is 11.7. The van der Waals surface area contributed by atoms with Gasteiger partial charge in [-0.1, -0.05) is 31.0 Å². The van der Waals surface area contributed by atoms with E-state index in [0.717, 1.165) is 75.2 Å². The molecular weight excluding hydrogens is 572 g/mol. The number of aliphatic hydroxyl groups is 1. The molecule has 228 valence electrons. The summed E-state index contributed by atoms with van der Waals surface area (Å²) < 4.78 is 35.3. The minimum Gasteiger partial charge on any atom is -0.490 e. The SMILES string of the molecule is C[C@@H]1[C@@H](C)CCC[C@H](CO)[C@@H]2CC[C@H]2CN2C[C@@]3(CCCc4cc(Cl)ccc43)COc3ccc(cc32)C(=O)NS1(=O)=O. The molecule has 2 aliphatic carbocycles. The number of aliphatic hydroxyl groups excluding tert-OH is 1. The molecule has 2 N–H and O–H groups in total. The number of anilines is 1. The summed E-state index contributed by atoms with van der Waals surface area (Å²) in [6.07, 6.45) is 7.70. The van der Waals surface area contributed by atoms with Crippen LogP contribution in [0.25, 0.3) is 0 Å². The molecule has 4 aliphatic rings. The number of benzene rings is 2.